The van der Waals surface area contributed by atoms with Gasteiger partial charge in [-0.3, -0.25) is 4.79 Å². The van der Waals surface area contributed by atoms with Crippen molar-refractivity contribution in [1.29, 1.82) is 0 Å². The number of benzene rings is 2. The Labute approximate surface area is 168 Å². The smallest absolute Gasteiger partial charge is 0.321 e. The van der Waals surface area contributed by atoms with Crippen molar-refractivity contribution in [2.24, 2.45) is 0 Å². The predicted octanol–water partition coefficient (Wildman–Crippen LogP) is 5.97. The first-order valence-electron chi connectivity index (χ1n) is 8.77. The molecule has 8 heteroatoms. The normalized spacial score (nSPS) is 11.8. The Morgan fingerprint density at radius 2 is 1.79 bits per heavy atom. The van der Waals surface area contributed by atoms with Crippen LogP contribution in [-0.4, -0.2) is 15.7 Å². The van der Waals surface area contributed by atoms with Crippen LogP contribution < -0.4 is 5.32 Å². The highest BCUT2D eigenvalue weighted by molar-refractivity contribution is 7.20. The first-order chi connectivity index (χ1) is 13.7. The standard InChI is InChI=1S/C21H16F3N3OS/c1-12-6-8-15(9-7-12)25-19(28)18-11-17-13(2)26-27(20(17)29-18)16-5-3-4-14(10-16)21(22,23)24/h3-11H,1-2H3,(H,25,28). The molecule has 2 aromatic carbocycles. The molecule has 0 saturated carbocycles. The Morgan fingerprint density at radius 3 is 2.48 bits per heavy atom. The lowest BCUT2D eigenvalue weighted by Crippen LogP contribution is -2.10. The second-order valence-electron chi connectivity index (χ2n) is 6.69. The number of nitrogens with zero attached hydrogens (tertiary/aromatic N) is 2. The quantitative estimate of drug-likeness (QED) is 0.448. The van der Waals surface area contributed by atoms with E-state index < -0.39 is 11.7 Å². The van der Waals surface area contributed by atoms with Crippen molar-refractivity contribution in [2.45, 2.75) is 20.0 Å². The van der Waals surface area contributed by atoms with Crippen molar-refractivity contribution >= 4 is 33.1 Å². The summed E-state index contributed by atoms with van der Waals surface area (Å²) in [5, 5.41) is 7.94. The highest BCUT2D eigenvalue weighted by Gasteiger charge is 2.30. The van der Waals surface area contributed by atoms with Gasteiger partial charge < -0.3 is 5.32 Å². The van der Waals surface area contributed by atoms with E-state index in [9.17, 15) is 18.0 Å². The number of carbonyl (C=O) groups excluding carboxylic acids is 1. The molecule has 0 aliphatic carbocycles. The zero-order valence-corrected chi connectivity index (χ0v) is 16.4. The van der Waals surface area contributed by atoms with E-state index in [0.717, 1.165) is 23.1 Å². The first kappa shape index (κ1) is 19.2. The summed E-state index contributed by atoms with van der Waals surface area (Å²) in [6.07, 6.45) is -4.44. The van der Waals surface area contributed by atoms with Gasteiger partial charge in [-0.05, 0) is 50.2 Å². The van der Waals surface area contributed by atoms with Gasteiger partial charge in [0.05, 0.1) is 21.8 Å². The zero-order chi connectivity index (χ0) is 20.8. The highest BCUT2D eigenvalue weighted by atomic mass is 32.1. The largest absolute Gasteiger partial charge is 0.416 e. The molecular formula is C21H16F3N3OS. The number of thiophene rings is 1. The van der Waals surface area contributed by atoms with E-state index in [2.05, 4.69) is 10.4 Å². The molecule has 0 radical (unpaired) electrons. The average Bonchev–Trinajstić information content (AvgIpc) is 3.24. The van der Waals surface area contributed by atoms with Gasteiger partial charge in [0.25, 0.3) is 5.91 Å². The molecule has 1 amide bonds. The van der Waals surface area contributed by atoms with E-state index in [1.165, 1.54) is 22.1 Å². The van der Waals surface area contributed by atoms with Gasteiger partial charge in [0.1, 0.15) is 4.83 Å². The van der Waals surface area contributed by atoms with Gasteiger partial charge in [-0.2, -0.15) is 18.3 Å². The Balaban J connectivity index is 1.70. The summed E-state index contributed by atoms with van der Waals surface area (Å²) in [6, 6.07) is 14.1. The molecule has 0 aliphatic rings. The Hall–Kier alpha value is -3.13. The molecule has 29 heavy (non-hydrogen) atoms. The number of aromatic nitrogens is 2. The minimum atomic E-state index is -4.44. The number of amides is 1. The van der Waals surface area contributed by atoms with E-state index in [0.29, 0.717) is 26.8 Å². The zero-order valence-electron chi connectivity index (χ0n) is 15.5. The summed E-state index contributed by atoms with van der Waals surface area (Å²) in [6.45, 7) is 3.72. The third-order valence-electron chi connectivity index (χ3n) is 4.50. The van der Waals surface area contributed by atoms with Gasteiger partial charge in [-0.25, -0.2) is 4.68 Å². The van der Waals surface area contributed by atoms with Gasteiger partial charge in [0, 0.05) is 11.1 Å². The van der Waals surface area contributed by atoms with Crippen molar-refractivity contribution in [2.75, 3.05) is 5.32 Å². The fourth-order valence-corrected chi connectivity index (χ4v) is 4.06. The van der Waals surface area contributed by atoms with Crippen molar-refractivity contribution in [3.8, 4) is 5.69 Å². The SMILES string of the molecule is Cc1ccc(NC(=O)c2cc3c(C)nn(-c4cccc(C(F)(F)F)c4)c3s2)cc1. The number of rotatable bonds is 3. The first-order valence-corrected chi connectivity index (χ1v) is 9.59. The molecule has 1 N–H and O–H groups in total. The lowest BCUT2D eigenvalue weighted by Gasteiger charge is -2.09. The summed E-state index contributed by atoms with van der Waals surface area (Å²) in [5.74, 6) is -0.273. The second-order valence-corrected chi connectivity index (χ2v) is 7.73. The van der Waals surface area contributed by atoms with Crippen molar-refractivity contribution < 1.29 is 18.0 Å². The van der Waals surface area contributed by atoms with Crippen LogP contribution in [0.15, 0.2) is 54.6 Å². The van der Waals surface area contributed by atoms with Crippen molar-refractivity contribution in [3.63, 3.8) is 0 Å². The van der Waals surface area contributed by atoms with Gasteiger partial charge in [-0.1, -0.05) is 23.8 Å². The maximum atomic E-state index is 13.1. The van der Waals surface area contributed by atoms with Gasteiger partial charge in [-0.15, -0.1) is 11.3 Å². The Morgan fingerprint density at radius 1 is 1.07 bits per heavy atom. The van der Waals surface area contributed by atoms with E-state index >= 15 is 0 Å². The maximum absolute atomic E-state index is 13.1. The number of hydrogen-bond acceptors (Lipinski definition) is 3. The van der Waals surface area contributed by atoms with Crippen LogP contribution in [0.2, 0.25) is 0 Å². The van der Waals surface area contributed by atoms with Crippen LogP contribution in [0, 0.1) is 13.8 Å². The van der Waals surface area contributed by atoms with Crippen molar-refractivity contribution in [3.05, 3.63) is 76.3 Å². The topological polar surface area (TPSA) is 46.9 Å². The van der Waals surface area contributed by atoms with Crippen molar-refractivity contribution in [1.82, 2.24) is 9.78 Å². The molecule has 2 heterocycles. The monoisotopic (exact) mass is 415 g/mol. The van der Waals surface area contributed by atoms with Gasteiger partial charge in [0.2, 0.25) is 0 Å². The van der Waals surface area contributed by atoms with Crippen LogP contribution in [0.5, 0.6) is 0 Å². The summed E-state index contributed by atoms with van der Waals surface area (Å²) in [7, 11) is 0. The summed E-state index contributed by atoms with van der Waals surface area (Å²) in [5.41, 5.74) is 1.95. The Kier molecular flexibility index (Phi) is 4.66. The van der Waals surface area contributed by atoms with E-state index in [1.807, 2.05) is 31.2 Å². The molecule has 0 bridgehead atoms. The number of alkyl halides is 3. The van der Waals surface area contributed by atoms with Gasteiger partial charge >= 0.3 is 6.18 Å². The molecule has 0 aliphatic heterocycles. The van der Waals surface area contributed by atoms with Crippen LogP contribution in [0.3, 0.4) is 0 Å². The number of hydrogen-bond donors (Lipinski definition) is 1. The number of anilines is 1. The van der Waals surface area contributed by atoms with Crippen LogP contribution in [0.4, 0.5) is 18.9 Å². The predicted molar refractivity (Wildman–Crippen MR) is 108 cm³/mol. The molecule has 4 aromatic rings. The van der Waals surface area contributed by atoms with E-state index in [1.54, 1.807) is 19.1 Å². The number of nitrogens with one attached hydrogen (secondary N) is 1. The fraction of sp³-hybridized carbons (Fsp3) is 0.143. The molecule has 148 valence electrons. The van der Waals surface area contributed by atoms with Crippen LogP contribution in [-0.2, 0) is 6.18 Å². The number of fused-ring (bicyclic) bond motifs is 1. The lowest BCUT2D eigenvalue weighted by molar-refractivity contribution is -0.137. The summed E-state index contributed by atoms with van der Waals surface area (Å²) in [4.78, 5) is 13.7. The molecule has 0 spiro atoms. The number of halogens is 3. The third kappa shape index (κ3) is 3.75. The molecule has 4 rings (SSSR count). The molecule has 2 aromatic heterocycles. The second kappa shape index (κ2) is 7.04. The number of aryl methyl sites for hydroxylation is 2. The van der Waals surface area contributed by atoms with Crippen LogP contribution >= 0.6 is 11.3 Å². The fourth-order valence-electron chi connectivity index (χ4n) is 2.98. The highest BCUT2D eigenvalue weighted by Crippen LogP contribution is 2.34. The molecular weight excluding hydrogens is 399 g/mol. The van der Waals surface area contributed by atoms with Crippen LogP contribution in [0.25, 0.3) is 15.9 Å². The molecule has 0 fully saturated rings. The Bertz CT molecular complexity index is 1210. The minimum Gasteiger partial charge on any atom is -0.321 e. The molecule has 4 nitrogen and oxygen atoms in total. The number of carbonyl (C=O) groups is 1. The van der Waals surface area contributed by atoms with Crippen LogP contribution in [0.1, 0.15) is 26.5 Å². The molecule has 0 unspecified atom stereocenters. The lowest BCUT2D eigenvalue weighted by atomic mass is 10.2. The van der Waals surface area contributed by atoms with E-state index in [-0.39, 0.29) is 5.91 Å². The third-order valence-corrected chi connectivity index (χ3v) is 5.61. The molecule has 0 saturated heterocycles. The maximum Gasteiger partial charge on any atom is 0.416 e. The van der Waals surface area contributed by atoms with Gasteiger partial charge in [0.15, 0.2) is 0 Å². The average molecular weight is 415 g/mol. The minimum absolute atomic E-state index is 0.273. The molecule has 0 atom stereocenters. The van der Waals surface area contributed by atoms with E-state index in [4.69, 9.17) is 0 Å². The summed E-state index contributed by atoms with van der Waals surface area (Å²) < 4.78 is 40.6. The summed E-state index contributed by atoms with van der Waals surface area (Å²) >= 11 is 1.19.